The van der Waals surface area contributed by atoms with E-state index in [9.17, 15) is 9.59 Å². The van der Waals surface area contributed by atoms with E-state index < -0.39 is 18.7 Å². The molecule has 0 bridgehead atoms. The SMILES string of the molecule is C=CC(C)(C)c1[nH]c2ccccc2c1CC1NC(=O)C(CO)NC1=O. The molecule has 0 saturated carbocycles. The number of nitrogens with one attached hydrogen (secondary N) is 3. The molecule has 0 spiro atoms. The fraction of sp³-hybridized carbons (Fsp3) is 0.368. The lowest BCUT2D eigenvalue weighted by molar-refractivity contribution is -0.137. The predicted molar refractivity (Wildman–Crippen MR) is 96.2 cm³/mol. The first kappa shape index (κ1) is 17.2. The first-order valence-corrected chi connectivity index (χ1v) is 8.32. The van der Waals surface area contributed by atoms with Crippen molar-refractivity contribution in [2.24, 2.45) is 0 Å². The molecule has 2 amide bonds. The molecule has 1 aromatic carbocycles. The van der Waals surface area contributed by atoms with Gasteiger partial charge in [-0.3, -0.25) is 9.59 Å². The molecule has 2 atom stereocenters. The summed E-state index contributed by atoms with van der Waals surface area (Å²) < 4.78 is 0. The number of piperazine rings is 1. The van der Waals surface area contributed by atoms with Crippen LogP contribution in [0.4, 0.5) is 0 Å². The molecule has 1 fully saturated rings. The van der Waals surface area contributed by atoms with Crippen molar-refractivity contribution in [2.45, 2.75) is 37.8 Å². The molecule has 1 aliphatic heterocycles. The Morgan fingerprint density at radius 3 is 2.48 bits per heavy atom. The molecule has 1 aromatic heterocycles. The molecule has 25 heavy (non-hydrogen) atoms. The molecule has 1 saturated heterocycles. The van der Waals surface area contributed by atoms with Gasteiger partial charge in [0.2, 0.25) is 11.8 Å². The Morgan fingerprint density at radius 1 is 1.16 bits per heavy atom. The standard InChI is InChI=1S/C19H23N3O3/c1-4-19(2,3)16-12(11-7-5-6-8-13(11)20-16)9-14-17(24)22-15(10-23)18(25)21-14/h4-8,14-15,20,23H,1,9-10H2,2-3H3,(H,21,25)(H,22,24). The Bertz CT molecular complexity index is 838. The van der Waals surface area contributed by atoms with Gasteiger partial charge in [0.25, 0.3) is 0 Å². The van der Waals surface area contributed by atoms with Crippen LogP contribution < -0.4 is 10.6 Å². The third-order valence-corrected chi connectivity index (χ3v) is 4.83. The number of carbonyl (C=O) groups excluding carboxylic acids is 2. The average molecular weight is 341 g/mol. The fourth-order valence-corrected chi connectivity index (χ4v) is 3.22. The smallest absolute Gasteiger partial charge is 0.245 e. The maximum atomic E-state index is 12.3. The third kappa shape index (κ3) is 3.05. The molecule has 132 valence electrons. The molecule has 0 radical (unpaired) electrons. The minimum absolute atomic E-state index is 0.286. The summed E-state index contributed by atoms with van der Waals surface area (Å²) in [5, 5.41) is 15.5. The van der Waals surface area contributed by atoms with Crippen LogP contribution in [0.2, 0.25) is 0 Å². The van der Waals surface area contributed by atoms with Gasteiger partial charge in [0.15, 0.2) is 0 Å². The number of allylic oxidation sites excluding steroid dienone is 1. The summed E-state index contributed by atoms with van der Waals surface area (Å²) >= 11 is 0. The Kier molecular flexibility index (Phi) is 4.39. The highest BCUT2D eigenvalue weighted by atomic mass is 16.3. The van der Waals surface area contributed by atoms with Gasteiger partial charge in [-0.15, -0.1) is 6.58 Å². The predicted octanol–water partition coefficient (Wildman–Crippen LogP) is 1.15. The normalized spacial score (nSPS) is 21.1. The van der Waals surface area contributed by atoms with Crippen LogP contribution in [0.5, 0.6) is 0 Å². The number of fused-ring (bicyclic) bond motifs is 1. The molecule has 6 heteroatoms. The number of para-hydroxylation sites is 1. The zero-order chi connectivity index (χ0) is 18.2. The monoisotopic (exact) mass is 341 g/mol. The Hall–Kier alpha value is -2.60. The lowest BCUT2D eigenvalue weighted by Gasteiger charge is -2.29. The van der Waals surface area contributed by atoms with Crippen molar-refractivity contribution in [3.8, 4) is 0 Å². The summed E-state index contributed by atoms with van der Waals surface area (Å²) in [6.45, 7) is 7.61. The summed E-state index contributed by atoms with van der Waals surface area (Å²) in [5.74, 6) is -0.650. The van der Waals surface area contributed by atoms with Crippen LogP contribution in [0.3, 0.4) is 0 Å². The first-order chi connectivity index (χ1) is 11.9. The minimum atomic E-state index is -0.879. The van der Waals surface area contributed by atoms with E-state index in [1.165, 1.54) is 0 Å². The quantitative estimate of drug-likeness (QED) is 0.615. The van der Waals surface area contributed by atoms with E-state index in [2.05, 4.69) is 36.0 Å². The van der Waals surface area contributed by atoms with E-state index in [0.29, 0.717) is 6.42 Å². The third-order valence-electron chi connectivity index (χ3n) is 4.83. The molecule has 2 unspecified atom stereocenters. The van der Waals surface area contributed by atoms with Gasteiger partial charge in [0.05, 0.1) is 6.61 Å². The van der Waals surface area contributed by atoms with Gasteiger partial charge >= 0.3 is 0 Å². The van der Waals surface area contributed by atoms with E-state index in [1.54, 1.807) is 0 Å². The van der Waals surface area contributed by atoms with Gasteiger partial charge in [-0.25, -0.2) is 0 Å². The van der Waals surface area contributed by atoms with Crippen molar-refractivity contribution in [3.05, 3.63) is 48.2 Å². The van der Waals surface area contributed by atoms with Gasteiger partial charge < -0.3 is 20.7 Å². The molecule has 3 rings (SSSR count). The molecule has 6 nitrogen and oxygen atoms in total. The zero-order valence-corrected chi connectivity index (χ0v) is 14.4. The van der Waals surface area contributed by atoms with E-state index in [1.807, 2.05) is 30.3 Å². The molecule has 2 aromatic rings. The van der Waals surface area contributed by atoms with Crippen LogP contribution in [-0.2, 0) is 21.4 Å². The van der Waals surface area contributed by atoms with Crippen LogP contribution in [0.1, 0.15) is 25.1 Å². The van der Waals surface area contributed by atoms with Crippen molar-refractivity contribution in [1.29, 1.82) is 0 Å². The Balaban J connectivity index is 2.01. The van der Waals surface area contributed by atoms with Crippen molar-refractivity contribution in [3.63, 3.8) is 0 Å². The zero-order valence-electron chi connectivity index (χ0n) is 14.4. The van der Waals surface area contributed by atoms with E-state index in [4.69, 9.17) is 5.11 Å². The molecule has 1 aliphatic rings. The second kappa shape index (κ2) is 6.37. The summed E-state index contributed by atoms with van der Waals surface area (Å²) in [7, 11) is 0. The second-order valence-electron chi connectivity index (χ2n) is 6.96. The number of hydrogen-bond donors (Lipinski definition) is 4. The molecule has 4 N–H and O–H groups in total. The number of carbonyl (C=O) groups is 2. The van der Waals surface area contributed by atoms with Gasteiger partial charge in [0.1, 0.15) is 12.1 Å². The lowest BCUT2D eigenvalue weighted by Crippen LogP contribution is -2.63. The molecule has 2 heterocycles. The Labute approximate surface area is 146 Å². The summed E-state index contributed by atoms with van der Waals surface area (Å²) in [6, 6.07) is 6.34. The van der Waals surface area contributed by atoms with Crippen LogP contribution in [0.15, 0.2) is 36.9 Å². The van der Waals surface area contributed by atoms with Crippen molar-refractivity contribution in [1.82, 2.24) is 15.6 Å². The molecule has 0 aliphatic carbocycles. The maximum absolute atomic E-state index is 12.3. The summed E-state index contributed by atoms with van der Waals surface area (Å²) in [4.78, 5) is 27.8. The summed E-state index contributed by atoms with van der Waals surface area (Å²) in [5.41, 5.74) is 2.65. The number of aliphatic hydroxyl groups excluding tert-OH is 1. The van der Waals surface area contributed by atoms with Crippen LogP contribution in [0.25, 0.3) is 10.9 Å². The van der Waals surface area contributed by atoms with Crippen molar-refractivity contribution in [2.75, 3.05) is 6.61 Å². The van der Waals surface area contributed by atoms with E-state index in [-0.39, 0.29) is 17.2 Å². The van der Waals surface area contributed by atoms with Gasteiger partial charge in [-0.2, -0.15) is 0 Å². The van der Waals surface area contributed by atoms with Crippen molar-refractivity contribution >= 4 is 22.7 Å². The first-order valence-electron chi connectivity index (χ1n) is 8.32. The van der Waals surface area contributed by atoms with Gasteiger partial charge in [0, 0.05) is 28.4 Å². The number of benzene rings is 1. The number of H-pyrrole nitrogens is 1. The Morgan fingerprint density at radius 2 is 1.80 bits per heavy atom. The minimum Gasteiger partial charge on any atom is -0.394 e. The number of hydrogen-bond acceptors (Lipinski definition) is 3. The number of aliphatic hydroxyl groups is 1. The topological polar surface area (TPSA) is 94.2 Å². The van der Waals surface area contributed by atoms with Crippen molar-refractivity contribution < 1.29 is 14.7 Å². The number of aromatic amines is 1. The highest BCUT2D eigenvalue weighted by Gasteiger charge is 2.35. The number of amides is 2. The maximum Gasteiger partial charge on any atom is 0.245 e. The summed E-state index contributed by atoms with van der Waals surface area (Å²) in [6.07, 6.45) is 2.23. The average Bonchev–Trinajstić information content (AvgIpc) is 2.97. The number of rotatable bonds is 5. The largest absolute Gasteiger partial charge is 0.394 e. The van der Waals surface area contributed by atoms with E-state index >= 15 is 0 Å². The van der Waals surface area contributed by atoms with Crippen LogP contribution >= 0.6 is 0 Å². The number of aromatic nitrogens is 1. The van der Waals surface area contributed by atoms with E-state index in [0.717, 1.165) is 22.2 Å². The van der Waals surface area contributed by atoms with Gasteiger partial charge in [-0.1, -0.05) is 38.1 Å². The van der Waals surface area contributed by atoms with Crippen LogP contribution in [0, 0.1) is 0 Å². The van der Waals surface area contributed by atoms with Crippen LogP contribution in [-0.4, -0.2) is 40.6 Å². The molecular weight excluding hydrogens is 318 g/mol. The highest BCUT2D eigenvalue weighted by molar-refractivity contribution is 5.97. The van der Waals surface area contributed by atoms with Gasteiger partial charge in [-0.05, 0) is 11.6 Å². The highest BCUT2D eigenvalue weighted by Crippen LogP contribution is 2.33. The fourth-order valence-electron chi connectivity index (χ4n) is 3.22. The molecular formula is C19H23N3O3. The second-order valence-corrected chi connectivity index (χ2v) is 6.96. The lowest BCUT2D eigenvalue weighted by atomic mass is 9.84.